The second-order valence-electron chi connectivity index (χ2n) is 3.70. The zero-order valence-electron chi connectivity index (χ0n) is 9.66. The van der Waals surface area contributed by atoms with Crippen LogP contribution in [0.3, 0.4) is 0 Å². The Morgan fingerprint density at radius 2 is 1.93 bits per heavy atom. The minimum absolute atomic E-state index is 0.584. The normalized spacial score (nSPS) is 9.53. The number of nitrogens with zero attached hydrogens (tertiary/aromatic N) is 2. The van der Waals surface area contributed by atoms with E-state index in [-0.39, 0.29) is 0 Å². The topological polar surface area (TPSA) is 36.3 Å². The number of methoxy groups -OCH3 is 1. The fourth-order valence-electron chi connectivity index (χ4n) is 1.45. The summed E-state index contributed by atoms with van der Waals surface area (Å²) in [6.07, 6.45) is 2.08. The van der Waals surface area contributed by atoms with E-state index in [2.05, 4.69) is 26.1 Å². The maximum absolute atomic E-state index is 8.72. The summed E-state index contributed by atoms with van der Waals surface area (Å²) in [7, 11) is 3.41. The average molecular weight is 204 g/mol. The van der Waals surface area contributed by atoms with Gasteiger partial charge in [0.1, 0.15) is 5.75 Å². The molecule has 0 heterocycles. The Hall–Kier alpha value is -1.69. The lowest BCUT2D eigenvalue weighted by atomic mass is 10.0. The van der Waals surface area contributed by atoms with Crippen molar-refractivity contribution in [2.24, 2.45) is 0 Å². The molecule has 3 nitrogen and oxygen atoms in total. The van der Waals surface area contributed by atoms with Crippen LogP contribution in [0.15, 0.2) is 12.1 Å². The molecule has 80 valence electrons. The summed E-state index contributed by atoms with van der Waals surface area (Å²) in [5.41, 5.74) is 3.47. The fraction of sp³-hybridized carbons (Fsp3) is 0.417. The van der Waals surface area contributed by atoms with Crippen molar-refractivity contribution in [1.29, 1.82) is 5.26 Å². The highest BCUT2D eigenvalue weighted by molar-refractivity contribution is 5.41. The molecule has 0 aliphatic carbocycles. The van der Waals surface area contributed by atoms with Gasteiger partial charge < -0.3 is 9.64 Å². The first-order chi connectivity index (χ1) is 7.08. The Kier molecular flexibility index (Phi) is 3.56. The molecule has 0 aliphatic heterocycles. The molecule has 0 saturated carbocycles. The van der Waals surface area contributed by atoms with Gasteiger partial charge >= 0.3 is 0 Å². The van der Waals surface area contributed by atoms with Gasteiger partial charge in [0.05, 0.1) is 13.7 Å². The number of hydrogen-bond acceptors (Lipinski definition) is 3. The van der Waals surface area contributed by atoms with Crippen molar-refractivity contribution < 1.29 is 4.74 Å². The molecule has 0 fully saturated rings. The Balaban J connectivity index is 3.06. The highest BCUT2D eigenvalue weighted by Crippen LogP contribution is 2.23. The second kappa shape index (κ2) is 4.70. The summed E-state index contributed by atoms with van der Waals surface area (Å²) < 4.78 is 5.29. The van der Waals surface area contributed by atoms with Gasteiger partial charge in [-0.1, -0.05) is 6.07 Å². The molecule has 0 aliphatic rings. The summed E-state index contributed by atoms with van der Waals surface area (Å²) in [6.45, 7) is 4.70. The van der Waals surface area contributed by atoms with Crippen LogP contribution in [0.25, 0.3) is 0 Å². The van der Waals surface area contributed by atoms with Gasteiger partial charge in [-0.25, -0.2) is 0 Å². The smallest absolute Gasteiger partial charge is 0.179 e. The minimum atomic E-state index is 0.584. The van der Waals surface area contributed by atoms with Crippen molar-refractivity contribution in [3.63, 3.8) is 0 Å². The van der Waals surface area contributed by atoms with Gasteiger partial charge in [0.15, 0.2) is 6.19 Å². The predicted molar refractivity (Wildman–Crippen MR) is 59.5 cm³/mol. The van der Waals surface area contributed by atoms with E-state index in [1.54, 1.807) is 19.1 Å². The van der Waals surface area contributed by atoms with Crippen molar-refractivity contribution in [3.8, 4) is 11.9 Å². The van der Waals surface area contributed by atoms with Crippen LogP contribution in [0.5, 0.6) is 5.75 Å². The van der Waals surface area contributed by atoms with Crippen LogP contribution in [0.2, 0.25) is 0 Å². The monoisotopic (exact) mass is 204 g/mol. The van der Waals surface area contributed by atoms with E-state index in [9.17, 15) is 0 Å². The van der Waals surface area contributed by atoms with Crippen LogP contribution < -0.4 is 4.74 Å². The zero-order valence-corrected chi connectivity index (χ0v) is 9.66. The Bertz CT molecular complexity index is 393. The predicted octanol–water partition coefficient (Wildman–Crippen LogP) is 2.22. The lowest BCUT2D eigenvalue weighted by molar-refractivity contribution is 0.393. The number of nitriles is 1. The van der Waals surface area contributed by atoms with Crippen molar-refractivity contribution in [2.75, 3.05) is 14.2 Å². The maximum Gasteiger partial charge on any atom is 0.179 e. The summed E-state index contributed by atoms with van der Waals surface area (Å²) in [5, 5.41) is 8.72. The van der Waals surface area contributed by atoms with Crippen LogP contribution in [0.1, 0.15) is 16.7 Å². The fourth-order valence-corrected chi connectivity index (χ4v) is 1.45. The SMILES string of the molecule is COc1cc(C)c(C)cc1CN(C)C#N. The molecule has 0 saturated heterocycles. The van der Waals surface area contributed by atoms with E-state index < -0.39 is 0 Å². The summed E-state index contributed by atoms with van der Waals surface area (Å²) in [6, 6.07) is 4.08. The molecule has 0 spiro atoms. The Morgan fingerprint density at radius 3 is 2.47 bits per heavy atom. The molecule has 15 heavy (non-hydrogen) atoms. The average Bonchev–Trinajstić information content (AvgIpc) is 2.22. The van der Waals surface area contributed by atoms with Gasteiger partial charge in [0, 0.05) is 12.6 Å². The summed E-state index contributed by atoms with van der Waals surface area (Å²) in [5.74, 6) is 0.847. The van der Waals surface area contributed by atoms with Gasteiger partial charge in [-0.2, -0.15) is 5.26 Å². The standard InChI is InChI=1S/C12H16N2O/c1-9-5-11(7-14(3)8-13)12(15-4)6-10(9)2/h5-6H,7H2,1-4H3. The molecular formula is C12H16N2O. The number of rotatable bonds is 3. The molecule has 0 radical (unpaired) electrons. The summed E-state index contributed by atoms with van der Waals surface area (Å²) >= 11 is 0. The third-order valence-electron chi connectivity index (χ3n) is 2.47. The van der Waals surface area contributed by atoms with Gasteiger partial charge in [0.25, 0.3) is 0 Å². The molecule has 0 amide bonds. The molecule has 1 rings (SSSR count). The van der Waals surface area contributed by atoms with E-state index in [1.165, 1.54) is 11.1 Å². The van der Waals surface area contributed by atoms with Crippen LogP contribution in [0, 0.1) is 25.3 Å². The van der Waals surface area contributed by atoms with Gasteiger partial charge in [0.2, 0.25) is 0 Å². The first kappa shape index (κ1) is 11.4. The molecule has 0 bridgehead atoms. The largest absolute Gasteiger partial charge is 0.496 e. The number of hydrogen-bond donors (Lipinski definition) is 0. The van der Waals surface area contributed by atoms with E-state index in [0.717, 1.165) is 11.3 Å². The van der Waals surface area contributed by atoms with E-state index >= 15 is 0 Å². The number of aryl methyl sites for hydroxylation is 2. The molecule has 1 aromatic rings. The second-order valence-corrected chi connectivity index (χ2v) is 3.70. The lowest BCUT2D eigenvalue weighted by Crippen LogP contribution is -2.11. The van der Waals surface area contributed by atoms with Gasteiger partial charge in [-0.3, -0.25) is 0 Å². The van der Waals surface area contributed by atoms with Crippen molar-refractivity contribution in [2.45, 2.75) is 20.4 Å². The molecule has 3 heteroatoms. The molecule has 0 unspecified atom stereocenters. The first-order valence-corrected chi connectivity index (χ1v) is 4.83. The molecule has 0 aromatic heterocycles. The quantitative estimate of drug-likeness (QED) is 0.559. The number of ether oxygens (including phenoxy) is 1. The number of benzene rings is 1. The third kappa shape index (κ3) is 2.63. The third-order valence-corrected chi connectivity index (χ3v) is 2.47. The van der Waals surface area contributed by atoms with Gasteiger partial charge in [-0.05, 0) is 31.0 Å². The first-order valence-electron chi connectivity index (χ1n) is 4.83. The molecular weight excluding hydrogens is 188 g/mol. The van der Waals surface area contributed by atoms with Crippen molar-refractivity contribution in [1.82, 2.24) is 4.90 Å². The van der Waals surface area contributed by atoms with E-state index in [4.69, 9.17) is 10.00 Å². The van der Waals surface area contributed by atoms with Crippen LogP contribution in [0.4, 0.5) is 0 Å². The summed E-state index contributed by atoms with van der Waals surface area (Å²) in [4.78, 5) is 1.58. The van der Waals surface area contributed by atoms with E-state index in [0.29, 0.717) is 6.54 Å². The van der Waals surface area contributed by atoms with Crippen molar-refractivity contribution in [3.05, 3.63) is 28.8 Å². The van der Waals surface area contributed by atoms with Gasteiger partial charge in [-0.15, -0.1) is 0 Å². The molecule has 1 aromatic carbocycles. The Morgan fingerprint density at radius 1 is 1.33 bits per heavy atom. The highest BCUT2D eigenvalue weighted by Gasteiger charge is 2.07. The Labute approximate surface area is 90.9 Å². The minimum Gasteiger partial charge on any atom is -0.496 e. The molecule has 0 atom stereocenters. The lowest BCUT2D eigenvalue weighted by Gasteiger charge is -2.14. The van der Waals surface area contributed by atoms with Crippen LogP contribution in [-0.2, 0) is 6.54 Å². The molecule has 0 N–H and O–H groups in total. The maximum atomic E-state index is 8.72. The highest BCUT2D eigenvalue weighted by atomic mass is 16.5. The van der Waals surface area contributed by atoms with Crippen LogP contribution >= 0.6 is 0 Å². The van der Waals surface area contributed by atoms with Crippen LogP contribution in [-0.4, -0.2) is 19.1 Å². The zero-order chi connectivity index (χ0) is 11.4. The van der Waals surface area contributed by atoms with E-state index in [1.807, 2.05) is 6.07 Å². The van der Waals surface area contributed by atoms with Crippen molar-refractivity contribution >= 4 is 0 Å².